The number of hydrogen-bond acceptors (Lipinski definition) is 7. The Bertz CT molecular complexity index is 1320. The number of imide groups is 1. The highest BCUT2D eigenvalue weighted by Gasteiger charge is 2.50. The topological polar surface area (TPSA) is 101 Å². The number of hydrogen-bond donors (Lipinski definition) is 1. The molecule has 1 atom stereocenters. The van der Waals surface area contributed by atoms with Crippen LogP contribution in [0, 0.1) is 0 Å². The summed E-state index contributed by atoms with van der Waals surface area (Å²) in [5.41, 5.74) is 0.305. The Labute approximate surface area is 205 Å². The third kappa shape index (κ3) is 3.68. The number of likely N-dealkylation sites (tertiary alicyclic amines) is 1. The lowest BCUT2D eigenvalue weighted by Crippen LogP contribution is -2.46. The van der Waals surface area contributed by atoms with Gasteiger partial charge in [0.1, 0.15) is 12.1 Å². The van der Waals surface area contributed by atoms with E-state index in [1.54, 1.807) is 41.4 Å². The molecule has 3 aromatic rings. The molecule has 2 fully saturated rings. The van der Waals surface area contributed by atoms with Gasteiger partial charge in [-0.3, -0.25) is 14.5 Å². The van der Waals surface area contributed by atoms with Gasteiger partial charge in [0.2, 0.25) is 12.7 Å². The number of piperidine rings is 1. The largest absolute Gasteiger partial charge is 0.454 e. The van der Waals surface area contributed by atoms with E-state index in [1.807, 2.05) is 18.2 Å². The van der Waals surface area contributed by atoms with Crippen LogP contribution in [0.4, 0.5) is 4.79 Å². The molecule has 0 unspecified atom stereocenters. The minimum Gasteiger partial charge on any atom is -0.454 e. The molecule has 180 valence electrons. The number of ether oxygens (including phenoxy) is 2. The SMILES string of the molecule is C[C@]1(c2ccc3c(c2)OCO3)NC(=O)N(CC(=O)N2CCC(c3nc4ccccc4s3)CC2)C1=O. The molecule has 0 aliphatic carbocycles. The average molecular weight is 493 g/mol. The van der Waals surface area contributed by atoms with Crippen molar-refractivity contribution in [1.29, 1.82) is 0 Å². The summed E-state index contributed by atoms with van der Waals surface area (Å²) in [4.78, 5) is 46.5. The molecular weight excluding hydrogens is 468 g/mol. The van der Waals surface area contributed by atoms with Crippen LogP contribution >= 0.6 is 11.3 Å². The molecule has 1 N–H and O–H groups in total. The Morgan fingerprint density at radius 1 is 1.14 bits per heavy atom. The number of amides is 4. The van der Waals surface area contributed by atoms with E-state index in [2.05, 4.69) is 11.4 Å². The van der Waals surface area contributed by atoms with Gasteiger partial charge in [0, 0.05) is 19.0 Å². The summed E-state index contributed by atoms with van der Waals surface area (Å²) < 4.78 is 11.9. The average Bonchev–Trinajstić information content (AvgIpc) is 3.57. The number of nitrogens with one attached hydrogen (secondary N) is 1. The van der Waals surface area contributed by atoms with Crippen LogP contribution in [0.3, 0.4) is 0 Å². The zero-order valence-electron chi connectivity index (χ0n) is 19.2. The highest BCUT2D eigenvalue weighted by Crippen LogP contribution is 2.38. The number of fused-ring (bicyclic) bond motifs is 2. The normalized spacial score (nSPS) is 22.2. The van der Waals surface area contributed by atoms with E-state index >= 15 is 0 Å². The zero-order chi connectivity index (χ0) is 24.2. The summed E-state index contributed by atoms with van der Waals surface area (Å²) in [5.74, 6) is 0.736. The molecule has 3 aliphatic rings. The summed E-state index contributed by atoms with van der Waals surface area (Å²) in [5, 5.41) is 3.85. The molecule has 35 heavy (non-hydrogen) atoms. The highest BCUT2D eigenvalue weighted by molar-refractivity contribution is 7.18. The van der Waals surface area contributed by atoms with E-state index in [1.165, 1.54) is 4.70 Å². The lowest BCUT2D eigenvalue weighted by molar-refractivity contribution is -0.139. The number of carbonyl (C=O) groups is 3. The third-order valence-corrected chi connectivity index (χ3v) is 8.22. The molecule has 6 rings (SSSR count). The second-order valence-electron chi connectivity index (χ2n) is 9.19. The molecule has 4 amide bonds. The molecular formula is C25H24N4O5S. The monoisotopic (exact) mass is 492 g/mol. The first-order chi connectivity index (χ1) is 16.9. The van der Waals surface area contributed by atoms with E-state index in [9.17, 15) is 14.4 Å². The first-order valence-electron chi connectivity index (χ1n) is 11.6. The van der Waals surface area contributed by atoms with Crippen LogP contribution in [-0.4, -0.2) is 59.1 Å². The fourth-order valence-electron chi connectivity index (χ4n) is 4.92. The fraction of sp³-hybridized carbons (Fsp3) is 0.360. The molecule has 4 heterocycles. The van der Waals surface area contributed by atoms with Gasteiger partial charge in [0.05, 0.1) is 15.2 Å². The van der Waals surface area contributed by atoms with Crippen molar-refractivity contribution in [2.24, 2.45) is 0 Å². The quantitative estimate of drug-likeness (QED) is 0.562. The lowest BCUT2D eigenvalue weighted by atomic mass is 9.91. The molecule has 3 aliphatic heterocycles. The number of thiazole rings is 1. The summed E-state index contributed by atoms with van der Waals surface area (Å²) in [7, 11) is 0. The smallest absolute Gasteiger partial charge is 0.325 e. The van der Waals surface area contributed by atoms with Crippen LogP contribution in [0.5, 0.6) is 11.5 Å². The number of aromatic nitrogens is 1. The molecule has 10 heteroatoms. The number of rotatable bonds is 4. The van der Waals surface area contributed by atoms with Crippen molar-refractivity contribution < 1.29 is 23.9 Å². The van der Waals surface area contributed by atoms with Crippen molar-refractivity contribution >= 4 is 39.4 Å². The van der Waals surface area contributed by atoms with Crippen molar-refractivity contribution in [2.45, 2.75) is 31.2 Å². The lowest BCUT2D eigenvalue weighted by Gasteiger charge is -2.32. The van der Waals surface area contributed by atoms with E-state index in [4.69, 9.17) is 14.5 Å². The van der Waals surface area contributed by atoms with Crippen LogP contribution < -0.4 is 14.8 Å². The molecule has 1 aromatic heterocycles. The Kier molecular flexibility index (Phi) is 5.14. The number of carbonyl (C=O) groups excluding carboxylic acids is 3. The number of nitrogens with zero attached hydrogens (tertiary/aromatic N) is 3. The van der Waals surface area contributed by atoms with Crippen molar-refractivity contribution in [2.75, 3.05) is 26.4 Å². The Morgan fingerprint density at radius 3 is 2.71 bits per heavy atom. The van der Waals surface area contributed by atoms with Crippen molar-refractivity contribution in [3.8, 4) is 11.5 Å². The number of para-hydroxylation sites is 1. The standard InChI is InChI=1S/C25H24N4O5S/c1-25(16-6-7-18-19(12-16)34-14-33-18)23(31)29(24(32)27-25)13-21(30)28-10-8-15(9-11-28)22-26-17-4-2-3-5-20(17)35-22/h2-7,12,15H,8-11,13-14H2,1H3,(H,27,32)/t25-/m1/s1. The first-order valence-corrected chi connectivity index (χ1v) is 12.4. The molecule has 0 saturated carbocycles. The molecule has 9 nitrogen and oxygen atoms in total. The van der Waals surface area contributed by atoms with Gasteiger partial charge < -0.3 is 19.7 Å². The predicted octanol–water partition coefficient (Wildman–Crippen LogP) is 3.20. The molecule has 0 spiro atoms. The van der Waals surface area contributed by atoms with Gasteiger partial charge >= 0.3 is 6.03 Å². The summed E-state index contributed by atoms with van der Waals surface area (Å²) in [6, 6.07) is 12.6. The van der Waals surface area contributed by atoms with Crippen LogP contribution in [0.25, 0.3) is 10.2 Å². The second kappa shape index (κ2) is 8.23. The van der Waals surface area contributed by atoms with E-state index < -0.39 is 17.5 Å². The molecule has 2 aromatic carbocycles. The fourth-order valence-corrected chi connectivity index (χ4v) is 6.06. The van der Waals surface area contributed by atoms with Crippen LogP contribution in [0.15, 0.2) is 42.5 Å². The highest BCUT2D eigenvalue weighted by atomic mass is 32.1. The minimum absolute atomic E-state index is 0.117. The van der Waals surface area contributed by atoms with Crippen molar-refractivity contribution in [1.82, 2.24) is 20.1 Å². The van der Waals surface area contributed by atoms with Crippen LogP contribution in [0.1, 0.15) is 36.3 Å². The molecule has 0 radical (unpaired) electrons. The minimum atomic E-state index is -1.28. The van der Waals surface area contributed by atoms with E-state index in [0.717, 1.165) is 28.3 Å². The summed E-state index contributed by atoms with van der Waals surface area (Å²) in [6.07, 6.45) is 1.61. The summed E-state index contributed by atoms with van der Waals surface area (Å²) in [6.45, 7) is 2.62. The van der Waals surface area contributed by atoms with E-state index in [-0.39, 0.29) is 19.2 Å². The van der Waals surface area contributed by atoms with Gasteiger partial charge in [-0.1, -0.05) is 18.2 Å². The number of benzene rings is 2. The predicted molar refractivity (Wildman–Crippen MR) is 128 cm³/mol. The second-order valence-corrected chi connectivity index (χ2v) is 10.3. The zero-order valence-corrected chi connectivity index (χ0v) is 20.0. The van der Waals surface area contributed by atoms with Gasteiger partial charge in [-0.2, -0.15) is 0 Å². The maximum Gasteiger partial charge on any atom is 0.325 e. The van der Waals surface area contributed by atoms with Gasteiger partial charge in [0.15, 0.2) is 11.5 Å². The maximum atomic E-state index is 13.3. The molecule has 2 saturated heterocycles. The Morgan fingerprint density at radius 2 is 1.91 bits per heavy atom. The maximum absolute atomic E-state index is 13.3. The first kappa shape index (κ1) is 21.8. The Balaban J connectivity index is 1.11. The van der Waals surface area contributed by atoms with Gasteiger partial charge in [-0.25, -0.2) is 9.78 Å². The Hall–Kier alpha value is -3.66. The van der Waals surface area contributed by atoms with E-state index in [0.29, 0.717) is 36.1 Å². The molecule has 0 bridgehead atoms. The van der Waals surface area contributed by atoms with Crippen molar-refractivity contribution in [3.63, 3.8) is 0 Å². The number of urea groups is 1. The third-order valence-electron chi connectivity index (χ3n) is 7.03. The van der Waals surface area contributed by atoms with Gasteiger partial charge in [-0.05, 0) is 49.6 Å². The van der Waals surface area contributed by atoms with Crippen molar-refractivity contribution in [3.05, 3.63) is 53.0 Å². The van der Waals surface area contributed by atoms with Crippen LogP contribution in [-0.2, 0) is 15.1 Å². The van der Waals surface area contributed by atoms with Crippen LogP contribution in [0.2, 0.25) is 0 Å². The van der Waals surface area contributed by atoms with Gasteiger partial charge in [0.25, 0.3) is 5.91 Å². The van der Waals surface area contributed by atoms with Gasteiger partial charge in [-0.15, -0.1) is 11.3 Å². The summed E-state index contributed by atoms with van der Waals surface area (Å²) >= 11 is 1.71.